The Morgan fingerprint density at radius 3 is 2.73 bits per heavy atom. The third-order valence-corrected chi connectivity index (χ3v) is 3.98. The van der Waals surface area contributed by atoms with Gasteiger partial charge < -0.3 is 26.0 Å². The monoisotopic (exact) mass is 355 g/mol. The molecule has 26 heavy (non-hydrogen) atoms. The highest BCUT2D eigenvalue weighted by molar-refractivity contribution is 5.84. The number of fused-ring (bicyclic) bond motifs is 1. The van der Waals surface area contributed by atoms with E-state index in [1.165, 1.54) is 0 Å². The molecule has 0 fully saturated rings. The third kappa shape index (κ3) is 4.02. The number of hydrogen-bond donors (Lipinski definition) is 4. The van der Waals surface area contributed by atoms with E-state index in [0.717, 1.165) is 16.8 Å². The van der Waals surface area contributed by atoms with E-state index >= 15 is 0 Å². The molecule has 5 N–H and O–H groups in total. The van der Waals surface area contributed by atoms with Gasteiger partial charge >= 0.3 is 0 Å². The van der Waals surface area contributed by atoms with Gasteiger partial charge in [0.2, 0.25) is 5.95 Å². The summed E-state index contributed by atoms with van der Waals surface area (Å²) in [5, 5.41) is 16.3. The number of aliphatic hydroxyl groups is 1. The quantitative estimate of drug-likeness (QED) is 0.500. The van der Waals surface area contributed by atoms with Crippen molar-refractivity contribution in [2.45, 2.75) is 32.9 Å². The molecule has 0 radical (unpaired) electrons. The van der Waals surface area contributed by atoms with Gasteiger partial charge in [-0.2, -0.15) is 9.97 Å². The van der Waals surface area contributed by atoms with Crippen LogP contribution in [-0.4, -0.2) is 36.8 Å². The predicted molar refractivity (Wildman–Crippen MR) is 104 cm³/mol. The van der Waals surface area contributed by atoms with Crippen LogP contribution < -0.4 is 16.4 Å². The molecule has 2 aromatic heterocycles. The van der Waals surface area contributed by atoms with Gasteiger partial charge in [-0.1, -0.05) is 17.7 Å². The van der Waals surface area contributed by atoms with E-state index in [-0.39, 0.29) is 0 Å². The first-order valence-corrected chi connectivity index (χ1v) is 8.47. The lowest BCUT2D eigenvalue weighted by atomic mass is 10.1. The van der Waals surface area contributed by atoms with Crippen molar-refractivity contribution in [1.29, 1.82) is 0 Å². The summed E-state index contributed by atoms with van der Waals surface area (Å²) in [6.45, 7) is 6.34. The number of hydrogen-bond acceptors (Lipinski definition) is 7. The SMILES string of the molecule is Cc1ccc(N)c(CNc2nc(NCC(C)(C)O)nc3c2ncn3C)c1. The lowest BCUT2D eigenvalue weighted by Gasteiger charge is -2.18. The van der Waals surface area contributed by atoms with E-state index in [9.17, 15) is 5.11 Å². The first kappa shape index (κ1) is 17.9. The number of benzene rings is 1. The van der Waals surface area contributed by atoms with Crippen LogP contribution in [0.4, 0.5) is 17.5 Å². The standard InChI is InChI=1S/C18H25N7O/c1-11-5-6-13(19)12(7-11)8-20-15-14-16(25(4)10-22-14)24-17(23-15)21-9-18(2,3)26/h5-7,10,26H,8-9,19H2,1-4H3,(H2,20,21,23,24). The fraction of sp³-hybridized carbons (Fsp3) is 0.389. The third-order valence-electron chi connectivity index (χ3n) is 3.98. The van der Waals surface area contributed by atoms with Gasteiger partial charge in [0.15, 0.2) is 17.0 Å². The van der Waals surface area contributed by atoms with Crippen LogP contribution in [0, 0.1) is 6.92 Å². The highest BCUT2D eigenvalue weighted by atomic mass is 16.3. The summed E-state index contributed by atoms with van der Waals surface area (Å²) >= 11 is 0. The number of nitrogens with two attached hydrogens (primary N) is 1. The van der Waals surface area contributed by atoms with Crippen molar-refractivity contribution in [3.63, 3.8) is 0 Å². The summed E-state index contributed by atoms with van der Waals surface area (Å²) in [4.78, 5) is 13.4. The first-order valence-electron chi connectivity index (χ1n) is 8.47. The molecule has 0 bridgehead atoms. The molecule has 0 aliphatic heterocycles. The topological polar surface area (TPSA) is 114 Å². The van der Waals surface area contributed by atoms with Gasteiger partial charge in [-0.3, -0.25) is 0 Å². The molecule has 138 valence electrons. The molecule has 8 heteroatoms. The van der Waals surface area contributed by atoms with E-state index in [1.54, 1.807) is 20.2 Å². The molecule has 1 aromatic carbocycles. The number of nitrogen functional groups attached to an aromatic ring is 1. The summed E-state index contributed by atoms with van der Waals surface area (Å²) in [6.07, 6.45) is 1.70. The average Bonchev–Trinajstić information content (AvgIpc) is 2.94. The van der Waals surface area contributed by atoms with Gasteiger partial charge in [-0.25, -0.2) is 4.98 Å². The van der Waals surface area contributed by atoms with Gasteiger partial charge in [0.05, 0.1) is 11.9 Å². The van der Waals surface area contributed by atoms with Crippen molar-refractivity contribution in [3.8, 4) is 0 Å². The van der Waals surface area contributed by atoms with Crippen LogP contribution in [0.3, 0.4) is 0 Å². The van der Waals surface area contributed by atoms with Gasteiger partial charge in [0, 0.05) is 25.8 Å². The minimum atomic E-state index is -0.867. The Hall–Kier alpha value is -2.87. The lowest BCUT2D eigenvalue weighted by molar-refractivity contribution is 0.0943. The van der Waals surface area contributed by atoms with Crippen LogP contribution in [0.1, 0.15) is 25.0 Å². The largest absolute Gasteiger partial charge is 0.398 e. The van der Waals surface area contributed by atoms with Gasteiger partial charge in [0.1, 0.15) is 0 Å². The molecule has 3 rings (SSSR count). The molecule has 0 spiro atoms. The van der Waals surface area contributed by atoms with Crippen molar-refractivity contribution in [3.05, 3.63) is 35.7 Å². The van der Waals surface area contributed by atoms with Crippen LogP contribution >= 0.6 is 0 Å². The van der Waals surface area contributed by atoms with Crippen LogP contribution in [0.25, 0.3) is 11.2 Å². The summed E-state index contributed by atoms with van der Waals surface area (Å²) in [5.41, 5.74) is 9.47. The van der Waals surface area contributed by atoms with E-state index in [0.29, 0.717) is 36.0 Å². The van der Waals surface area contributed by atoms with Gasteiger partial charge in [0.25, 0.3) is 0 Å². The van der Waals surface area contributed by atoms with Crippen LogP contribution in [0.2, 0.25) is 0 Å². The van der Waals surface area contributed by atoms with Crippen LogP contribution in [-0.2, 0) is 13.6 Å². The number of rotatable bonds is 6. The highest BCUT2D eigenvalue weighted by Crippen LogP contribution is 2.22. The first-order chi connectivity index (χ1) is 12.2. The number of imidazole rings is 1. The molecule has 0 atom stereocenters. The van der Waals surface area contributed by atoms with Crippen LogP contribution in [0.15, 0.2) is 24.5 Å². The summed E-state index contributed by atoms with van der Waals surface area (Å²) in [7, 11) is 1.88. The summed E-state index contributed by atoms with van der Waals surface area (Å²) in [5.74, 6) is 1.05. The second kappa shape index (κ2) is 6.80. The molecule has 8 nitrogen and oxygen atoms in total. The second-order valence-corrected chi connectivity index (χ2v) is 7.15. The zero-order chi connectivity index (χ0) is 18.9. The molecule has 0 saturated heterocycles. The maximum atomic E-state index is 9.92. The molecule has 0 aliphatic rings. The van der Waals surface area contributed by atoms with Crippen molar-refractivity contribution in [2.75, 3.05) is 22.9 Å². The van der Waals surface area contributed by atoms with Crippen molar-refractivity contribution in [2.24, 2.45) is 7.05 Å². The summed E-state index contributed by atoms with van der Waals surface area (Å²) < 4.78 is 1.83. The fourth-order valence-electron chi connectivity index (χ4n) is 2.57. The predicted octanol–water partition coefficient (Wildman–Crippen LogP) is 2.05. The maximum absolute atomic E-state index is 9.92. The lowest BCUT2D eigenvalue weighted by Crippen LogP contribution is -2.30. The average molecular weight is 355 g/mol. The molecule has 0 unspecified atom stereocenters. The maximum Gasteiger partial charge on any atom is 0.226 e. The molecule has 0 saturated carbocycles. The van der Waals surface area contributed by atoms with Crippen molar-refractivity contribution < 1.29 is 5.11 Å². The number of anilines is 3. The Morgan fingerprint density at radius 1 is 1.23 bits per heavy atom. The Balaban J connectivity index is 1.89. The minimum absolute atomic E-state index is 0.334. The Labute approximate surface area is 152 Å². The molecule has 3 aromatic rings. The molecule has 2 heterocycles. The molecule has 0 aliphatic carbocycles. The normalized spacial score (nSPS) is 11.7. The van der Waals surface area contributed by atoms with E-state index in [2.05, 4.69) is 25.6 Å². The zero-order valence-electron chi connectivity index (χ0n) is 15.5. The second-order valence-electron chi connectivity index (χ2n) is 7.15. The number of aryl methyl sites for hydroxylation is 2. The van der Waals surface area contributed by atoms with Gasteiger partial charge in [-0.15, -0.1) is 0 Å². The molecule has 0 amide bonds. The minimum Gasteiger partial charge on any atom is -0.398 e. The Bertz CT molecular complexity index is 927. The number of nitrogens with zero attached hydrogens (tertiary/aromatic N) is 4. The van der Waals surface area contributed by atoms with E-state index in [1.807, 2.05) is 36.7 Å². The molecular formula is C18H25N7O. The Morgan fingerprint density at radius 2 is 2.00 bits per heavy atom. The smallest absolute Gasteiger partial charge is 0.226 e. The number of aromatic nitrogens is 4. The van der Waals surface area contributed by atoms with E-state index in [4.69, 9.17) is 5.73 Å². The molecular weight excluding hydrogens is 330 g/mol. The van der Waals surface area contributed by atoms with Crippen molar-refractivity contribution >= 4 is 28.6 Å². The number of nitrogens with one attached hydrogen (secondary N) is 2. The highest BCUT2D eigenvalue weighted by Gasteiger charge is 2.16. The van der Waals surface area contributed by atoms with E-state index < -0.39 is 5.60 Å². The van der Waals surface area contributed by atoms with Crippen molar-refractivity contribution in [1.82, 2.24) is 19.5 Å². The Kier molecular flexibility index (Phi) is 4.69. The fourth-order valence-corrected chi connectivity index (χ4v) is 2.57. The van der Waals surface area contributed by atoms with Crippen LogP contribution in [0.5, 0.6) is 0 Å². The van der Waals surface area contributed by atoms with Gasteiger partial charge in [-0.05, 0) is 32.4 Å². The zero-order valence-corrected chi connectivity index (χ0v) is 15.5. The summed E-state index contributed by atoms with van der Waals surface area (Å²) in [6, 6.07) is 5.94.